The number of aryl methyl sites for hydroxylation is 1. The van der Waals surface area contributed by atoms with Crippen LogP contribution in [0.5, 0.6) is 0 Å². The summed E-state index contributed by atoms with van der Waals surface area (Å²) in [6.07, 6.45) is 1.68. The maximum Gasteiger partial charge on any atom is 0.251 e. The van der Waals surface area contributed by atoms with E-state index in [4.69, 9.17) is 0 Å². The number of nitrogens with zero attached hydrogens (tertiary/aromatic N) is 1. The number of carbonyl (C=O) groups is 2. The number of benzene rings is 2. The molecule has 0 saturated carbocycles. The van der Waals surface area contributed by atoms with E-state index in [0.29, 0.717) is 11.3 Å². The zero-order valence-electron chi connectivity index (χ0n) is 13.2. The first-order valence-corrected chi connectivity index (χ1v) is 7.62. The van der Waals surface area contributed by atoms with Gasteiger partial charge in [0, 0.05) is 17.1 Å². The van der Waals surface area contributed by atoms with E-state index in [1.807, 2.05) is 43.3 Å². The Bertz CT molecular complexity index is 883. The topological polar surface area (TPSA) is 71.1 Å². The zero-order valence-corrected chi connectivity index (χ0v) is 13.2. The molecule has 1 aromatic heterocycles. The molecule has 2 N–H and O–H groups in total. The lowest BCUT2D eigenvalue weighted by molar-refractivity contribution is -0.115. The Morgan fingerprint density at radius 2 is 1.75 bits per heavy atom. The molecule has 0 saturated heterocycles. The molecule has 1 heterocycles. The van der Waals surface area contributed by atoms with Crippen LogP contribution >= 0.6 is 0 Å². The third-order valence-electron chi connectivity index (χ3n) is 3.63. The van der Waals surface area contributed by atoms with Crippen molar-refractivity contribution in [1.29, 1.82) is 0 Å². The van der Waals surface area contributed by atoms with E-state index in [1.54, 1.807) is 24.4 Å². The Hall–Kier alpha value is -3.21. The number of anilines is 1. The van der Waals surface area contributed by atoms with Gasteiger partial charge in [-0.05, 0) is 31.2 Å². The first kappa shape index (κ1) is 15.7. The molecule has 120 valence electrons. The van der Waals surface area contributed by atoms with Gasteiger partial charge in [0.25, 0.3) is 5.91 Å². The van der Waals surface area contributed by atoms with Crippen molar-refractivity contribution in [3.8, 4) is 0 Å². The predicted octanol–water partition coefficient (Wildman–Crippen LogP) is 2.91. The van der Waals surface area contributed by atoms with Crippen molar-refractivity contribution in [2.45, 2.75) is 6.92 Å². The monoisotopic (exact) mass is 319 g/mol. The largest absolute Gasteiger partial charge is 0.343 e. The van der Waals surface area contributed by atoms with E-state index >= 15 is 0 Å². The van der Waals surface area contributed by atoms with Gasteiger partial charge in [-0.15, -0.1) is 0 Å². The van der Waals surface area contributed by atoms with Crippen LogP contribution in [0.4, 0.5) is 5.69 Å². The van der Waals surface area contributed by atoms with Gasteiger partial charge >= 0.3 is 0 Å². The molecule has 0 aliphatic carbocycles. The third-order valence-corrected chi connectivity index (χ3v) is 3.63. The second-order valence-electron chi connectivity index (χ2n) is 5.48. The van der Waals surface area contributed by atoms with Crippen LogP contribution in [-0.2, 0) is 4.79 Å². The smallest absolute Gasteiger partial charge is 0.251 e. The van der Waals surface area contributed by atoms with Crippen molar-refractivity contribution in [1.82, 2.24) is 10.3 Å². The zero-order chi connectivity index (χ0) is 16.9. The highest BCUT2D eigenvalue weighted by molar-refractivity contribution is 6.03. The first-order chi connectivity index (χ1) is 11.6. The Morgan fingerprint density at radius 1 is 1.00 bits per heavy atom. The number of hydrogen-bond donors (Lipinski definition) is 2. The van der Waals surface area contributed by atoms with E-state index in [-0.39, 0.29) is 18.4 Å². The molecule has 3 rings (SSSR count). The molecule has 0 unspecified atom stereocenters. The maximum atomic E-state index is 12.1. The van der Waals surface area contributed by atoms with E-state index in [1.165, 1.54) is 0 Å². The van der Waals surface area contributed by atoms with Crippen LogP contribution in [0.1, 0.15) is 15.9 Å². The van der Waals surface area contributed by atoms with Gasteiger partial charge in [0.1, 0.15) is 0 Å². The van der Waals surface area contributed by atoms with E-state index in [0.717, 1.165) is 16.5 Å². The van der Waals surface area contributed by atoms with Crippen LogP contribution in [0.25, 0.3) is 10.9 Å². The lowest BCUT2D eigenvalue weighted by Crippen LogP contribution is -2.32. The number of para-hydroxylation sites is 1. The number of nitrogens with one attached hydrogen (secondary N) is 2. The van der Waals surface area contributed by atoms with Gasteiger partial charge in [-0.2, -0.15) is 0 Å². The average Bonchev–Trinajstić information content (AvgIpc) is 2.61. The normalized spacial score (nSPS) is 10.4. The minimum Gasteiger partial charge on any atom is -0.343 e. The summed E-state index contributed by atoms with van der Waals surface area (Å²) in [7, 11) is 0. The minimum atomic E-state index is -0.298. The second kappa shape index (κ2) is 6.91. The van der Waals surface area contributed by atoms with Crippen LogP contribution in [0.2, 0.25) is 0 Å². The molecule has 2 amide bonds. The summed E-state index contributed by atoms with van der Waals surface area (Å²) in [5.74, 6) is -0.574. The molecule has 5 heteroatoms. The van der Waals surface area contributed by atoms with Crippen molar-refractivity contribution >= 4 is 28.4 Å². The molecule has 0 spiro atoms. The van der Waals surface area contributed by atoms with Gasteiger partial charge in [-0.25, -0.2) is 0 Å². The van der Waals surface area contributed by atoms with Gasteiger partial charge in [0.15, 0.2) is 0 Å². The lowest BCUT2D eigenvalue weighted by Gasteiger charge is -2.09. The summed E-state index contributed by atoms with van der Waals surface area (Å²) in [5, 5.41) is 6.34. The van der Waals surface area contributed by atoms with Crippen molar-refractivity contribution in [2.75, 3.05) is 11.9 Å². The highest BCUT2D eigenvalue weighted by Gasteiger charge is 2.09. The summed E-state index contributed by atoms with van der Waals surface area (Å²) >= 11 is 0. The molecule has 0 radical (unpaired) electrons. The van der Waals surface area contributed by atoms with Crippen LogP contribution in [0.15, 0.2) is 60.8 Å². The number of rotatable bonds is 4. The van der Waals surface area contributed by atoms with Gasteiger partial charge in [0.2, 0.25) is 5.91 Å². The summed E-state index contributed by atoms with van der Waals surface area (Å²) in [5.41, 5.74) is 2.95. The summed E-state index contributed by atoms with van der Waals surface area (Å²) in [6.45, 7) is 1.85. The average molecular weight is 319 g/mol. The van der Waals surface area contributed by atoms with Gasteiger partial charge < -0.3 is 10.6 Å². The Kier molecular flexibility index (Phi) is 4.52. The molecule has 0 fully saturated rings. The molecule has 0 aliphatic rings. The molecular formula is C19H17N3O2. The quantitative estimate of drug-likeness (QED) is 0.777. The third kappa shape index (κ3) is 3.57. The summed E-state index contributed by atoms with van der Waals surface area (Å²) < 4.78 is 0. The van der Waals surface area contributed by atoms with Crippen molar-refractivity contribution < 1.29 is 9.59 Å². The van der Waals surface area contributed by atoms with Crippen molar-refractivity contribution in [3.05, 3.63) is 71.9 Å². The molecule has 24 heavy (non-hydrogen) atoms. The SMILES string of the molecule is Cc1ccc(C(=O)NCC(=O)Nc2cccc3cccnc23)cc1. The summed E-state index contributed by atoms with van der Waals surface area (Å²) in [6, 6.07) is 16.5. The molecule has 0 bridgehead atoms. The van der Waals surface area contributed by atoms with Crippen LogP contribution in [-0.4, -0.2) is 23.3 Å². The number of fused-ring (bicyclic) bond motifs is 1. The standard InChI is InChI=1S/C19H17N3O2/c1-13-7-9-15(10-8-13)19(24)21-12-17(23)22-16-6-2-4-14-5-3-11-20-18(14)16/h2-11H,12H2,1H3,(H,21,24)(H,22,23). The molecule has 5 nitrogen and oxygen atoms in total. The fourth-order valence-corrected chi connectivity index (χ4v) is 2.37. The molecule has 2 aromatic carbocycles. The van der Waals surface area contributed by atoms with Crippen LogP contribution in [0, 0.1) is 6.92 Å². The first-order valence-electron chi connectivity index (χ1n) is 7.62. The van der Waals surface area contributed by atoms with Gasteiger partial charge in [-0.1, -0.05) is 35.9 Å². The van der Waals surface area contributed by atoms with Gasteiger partial charge in [-0.3, -0.25) is 14.6 Å². The fourth-order valence-electron chi connectivity index (χ4n) is 2.37. The molecule has 0 aliphatic heterocycles. The van der Waals surface area contributed by atoms with Crippen LogP contribution < -0.4 is 10.6 Å². The second-order valence-corrected chi connectivity index (χ2v) is 5.48. The number of aromatic nitrogens is 1. The lowest BCUT2D eigenvalue weighted by atomic mass is 10.1. The maximum absolute atomic E-state index is 12.1. The number of pyridine rings is 1. The highest BCUT2D eigenvalue weighted by Crippen LogP contribution is 2.20. The fraction of sp³-hybridized carbons (Fsp3) is 0.105. The molecule has 3 aromatic rings. The summed E-state index contributed by atoms with van der Waals surface area (Å²) in [4.78, 5) is 28.4. The van der Waals surface area contributed by atoms with E-state index in [9.17, 15) is 9.59 Å². The number of carbonyl (C=O) groups excluding carboxylic acids is 2. The number of hydrogen-bond acceptors (Lipinski definition) is 3. The Labute approximate surface area is 139 Å². The van der Waals surface area contributed by atoms with Gasteiger partial charge in [0.05, 0.1) is 17.7 Å². The van der Waals surface area contributed by atoms with Crippen LogP contribution in [0.3, 0.4) is 0 Å². The van der Waals surface area contributed by atoms with Crippen molar-refractivity contribution in [3.63, 3.8) is 0 Å². The van der Waals surface area contributed by atoms with Crippen molar-refractivity contribution in [2.24, 2.45) is 0 Å². The predicted molar refractivity (Wildman–Crippen MR) is 93.9 cm³/mol. The molecular weight excluding hydrogens is 302 g/mol. The molecule has 0 atom stereocenters. The minimum absolute atomic E-state index is 0.101. The Balaban J connectivity index is 1.63. The highest BCUT2D eigenvalue weighted by atomic mass is 16.2. The number of amides is 2. The van der Waals surface area contributed by atoms with E-state index < -0.39 is 0 Å². The van der Waals surface area contributed by atoms with E-state index in [2.05, 4.69) is 15.6 Å². The Morgan fingerprint density at radius 3 is 2.54 bits per heavy atom.